The van der Waals surface area contributed by atoms with Gasteiger partial charge in [0.25, 0.3) is 11.8 Å². The number of carbonyl (C=O) groups excluding carboxylic acids is 4. The van der Waals surface area contributed by atoms with Crippen LogP contribution in [0.4, 0.5) is 24.7 Å². The second kappa shape index (κ2) is 12.4. The van der Waals surface area contributed by atoms with Crippen LogP contribution < -0.4 is 9.91 Å². The van der Waals surface area contributed by atoms with Crippen LogP contribution in [0.15, 0.2) is 103 Å². The number of pyridine rings is 1. The lowest BCUT2D eigenvalue weighted by Gasteiger charge is -2.50. The highest BCUT2D eigenvalue weighted by Gasteiger charge is 2.70. The first kappa shape index (κ1) is 34.9. The molecule has 8 rings (SSSR count). The van der Waals surface area contributed by atoms with Crippen LogP contribution >= 0.6 is 23.2 Å². The van der Waals surface area contributed by atoms with E-state index in [-0.39, 0.29) is 29.3 Å². The number of amides is 4. The van der Waals surface area contributed by atoms with E-state index in [9.17, 15) is 32.7 Å². The van der Waals surface area contributed by atoms with E-state index in [4.69, 9.17) is 23.2 Å². The normalized spacial score (nSPS) is 26.7. The van der Waals surface area contributed by atoms with E-state index < -0.39 is 76.3 Å². The number of phenols is 1. The zero-order chi connectivity index (χ0) is 37.6. The van der Waals surface area contributed by atoms with Gasteiger partial charge < -0.3 is 5.11 Å². The van der Waals surface area contributed by atoms with Gasteiger partial charge >= 0.3 is 6.18 Å². The predicted molar refractivity (Wildman–Crippen MR) is 189 cm³/mol. The number of aromatic nitrogens is 1. The number of phenolic OH excluding ortho intramolecular Hbond substituents is 1. The second-order valence-electron chi connectivity index (χ2n) is 13.7. The molecule has 2 aliphatic carbocycles. The first-order chi connectivity index (χ1) is 25.2. The summed E-state index contributed by atoms with van der Waals surface area (Å²) in [5.41, 5.74) is -0.628. The van der Waals surface area contributed by atoms with Crippen molar-refractivity contribution in [3.05, 3.63) is 130 Å². The Bertz CT molecular complexity index is 2230. The molecule has 270 valence electrons. The standard InChI is InChI=1S/C39H29Cl2F3N4O5/c1-46(33-29(41)16-17-30(45-33)39(42,43)44)48-34(50)26-15-14-25-27(31(26)36(48)52)19-28-35(51)47(23-9-5-8-22(40)18-23)37(53)38(28,21-6-3-2-4-7-21)32(25)20-10-12-24(49)13-11-20/h2-14,16-18,26-28,31-32,49H,15,19H2,1H3/t26-,27+,28-,31-,32-,38+/m0/s1. The van der Waals surface area contributed by atoms with Crippen molar-refractivity contribution in [1.82, 2.24) is 9.99 Å². The number of anilines is 2. The molecule has 0 unspecified atom stereocenters. The molecule has 3 aromatic carbocycles. The lowest BCUT2D eigenvalue weighted by atomic mass is 9.49. The van der Waals surface area contributed by atoms with Gasteiger partial charge in [0.2, 0.25) is 11.8 Å². The molecule has 53 heavy (non-hydrogen) atoms. The number of allylic oxidation sites excluding steroid dienone is 2. The molecule has 1 N–H and O–H groups in total. The van der Waals surface area contributed by atoms with Gasteiger partial charge in [0.15, 0.2) is 5.82 Å². The van der Waals surface area contributed by atoms with Gasteiger partial charge in [-0.15, -0.1) is 0 Å². The van der Waals surface area contributed by atoms with Crippen LogP contribution in [-0.2, 0) is 30.8 Å². The average molecular weight is 762 g/mol. The molecule has 14 heteroatoms. The van der Waals surface area contributed by atoms with Gasteiger partial charge in [-0.3, -0.25) is 24.2 Å². The van der Waals surface area contributed by atoms with Gasteiger partial charge in [0.1, 0.15) is 11.4 Å². The number of imide groups is 2. The predicted octanol–water partition coefficient (Wildman–Crippen LogP) is 7.33. The summed E-state index contributed by atoms with van der Waals surface area (Å²) in [5.74, 6) is -7.29. The molecular formula is C39H29Cl2F3N4O5. The summed E-state index contributed by atoms with van der Waals surface area (Å²) < 4.78 is 40.9. The maximum atomic E-state index is 15.2. The zero-order valence-electron chi connectivity index (χ0n) is 27.8. The number of aromatic hydroxyl groups is 1. The molecule has 1 aromatic heterocycles. The van der Waals surface area contributed by atoms with Crippen LogP contribution in [0, 0.1) is 23.7 Å². The van der Waals surface area contributed by atoms with Gasteiger partial charge in [0.05, 0.1) is 33.9 Å². The fourth-order valence-corrected chi connectivity index (χ4v) is 9.39. The Morgan fingerprint density at radius 2 is 1.58 bits per heavy atom. The van der Waals surface area contributed by atoms with Gasteiger partial charge in [-0.2, -0.15) is 18.2 Å². The molecule has 1 saturated carbocycles. The molecule has 3 heterocycles. The molecule has 4 amide bonds. The van der Waals surface area contributed by atoms with Gasteiger partial charge in [0, 0.05) is 18.0 Å². The molecule has 4 aromatic rings. The third kappa shape index (κ3) is 5.17. The lowest BCUT2D eigenvalue weighted by molar-refractivity contribution is -0.141. The largest absolute Gasteiger partial charge is 0.508 e. The van der Waals surface area contributed by atoms with Crippen LogP contribution in [0.2, 0.25) is 10.0 Å². The number of hydrogen-bond acceptors (Lipinski definition) is 7. The highest BCUT2D eigenvalue weighted by atomic mass is 35.5. The van der Waals surface area contributed by atoms with Crippen LogP contribution in [-0.4, -0.2) is 45.8 Å². The Labute approximate surface area is 311 Å². The number of hydrazine groups is 1. The molecular weight excluding hydrogens is 732 g/mol. The quantitative estimate of drug-likeness (QED) is 0.168. The number of hydrogen-bond donors (Lipinski definition) is 1. The van der Waals surface area contributed by atoms with Gasteiger partial charge in [-0.05, 0) is 72.4 Å². The van der Waals surface area contributed by atoms with Crippen molar-refractivity contribution in [2.45, 2.75) is 30.4 Å². The van der Waals surface area contributed by atoms with E-state index in [0.717, 1.165) is 21.0 Å². The number of carbonyl (C=O) groups is 4. The fraction of sp³-hybridized carbons (Fsp3) is 0.256. The minimum Gasteiger partial charge on any atom is -0.508 e. The third-order valence-corrected chi connectivity index (χ3v) is 11.6. The first-order valence-electron chi connectivity index (χ1n) is 16.8. The zero-order valence-corrected chi connectivity index (χ0v) is 29.3. The van der Waals surface area contributed by atoms with E-state index in [1.165, 1.54) is 25.2 Å². The Hall–Kier alpha value is -5.20. The molecule has 2 saturated heterocycles. The molecule has 0 radical (unpaired) electrons. The van der Waals surface area contributed by atoms with Crippen LogP contribution in [0.5, 0.6) is 5.75 Å². The fourth-order valence-electron chi connectivity index (χ4n) is 8.98. The Kier molecular flexibility index (Phi) is 8.19. The van der Waals surface area contributed by atoms with Crippen molar-refractivity contribution in [2.75, 3.05) is 17.0 Å². The van der Waals surface area contributed by atoms with E-state index in [2.05, 4.69) is 4.98 Å². The van der Waals surface area contributed by atoms with Crippen LogP contribution in [0.1, 0.15) is 35.6 Å². The lowest BCUT2D eigenvalue weighted by Crippen LogP contribution is -2.53. The summed E-state index contributed by atoms with van der Waals surface area (Å²) in [6, 6.07) is 23.4. The molecule has 6 atom stereocenters. The summed E-state index contributed by atoms with van der Waals surface area (Å²) in [5, 5.41) is 12.1. The number of halogens is 5. The number of rotatable bonds is 5. The van der Waals surface area contributed by atoms with Crippen molar-refractivity contribution >= 4 is 58.3 Å². The number of nitrogens with zero attached hydrogens (tertiary/aromatic N) is 4. The number of fused-ring (bicyclic) bond motifs is 4. The Balaban J connectivity index is 1.28. The summed E-state index contributed by atoms with van der Waals surface area (Å²) in [6.07, 6.45) is -2.86. The van der Waals surface area contributed by atoms with Crippen molar-refractivity contribution < 1.29 is 37.5 Å². The monoisotopic (exact) mass is 760 g/mol. The van der Waals surface area contributed by atoms with Gasteiger partial charge in [-0.25, -0.2) is 9.88 Å². The molecule has 9 nitrogen and oxygen atoms in total. The molecule has 0 spiro atoms. The molecule has 3 fully saturated rings. The topological polar surface area (TPSA) is 111 Å². The summed E-state index contributed by atoms with van der Waals surface area (Å²) in [6.45, 7) is 0. The summed E-state index contributed by atoms with van der Waals surface area (Å²) >= 11 is 12.6. The van der Waals surface area contributed by atoms with E-state index >= 15 is 4.79 Å². The third-order valence-electron chi connectivity index (χ3n) is 11.1. The maximum Gasteiger partial charge on any atom is 0.433 e. The number of benzene rings is 3. The smallest absolute Gasteiger partial charge is 0.433 e. The summed E-state index contributed by atoms with van der Waals surface area (Å²) in [4.78, 5) is 63.5. The van der Waals surface area contributed by atoms with Crippen LogP contribution in [0.3, 0.4) is 0 Å². The minimum atomic E-state index is -4.81. The minimum absolute atomic E-state index is 0.0112. The van der Waals surface area contributed by atoms with E-state index in [1.807, 2.05) is 6.08 Å². The summed E-state index contributed by atoms with van der Waals surface area (Å²) in [7, 11) is 1.25. The second-order valence-corrected chi connectivity index (χ2v) is 14.5. The maximum absolute atomic E-state index is 15.2. The van der Waals surface area contributed by atoms with Crippen molar-refractivity contribution in [1.29, 1.82) is 0 Å². The van der Waals surface area contributed by atoms with Gasteiger partial charge in [-0.1, -0.05) is 83.4 Å². The number of alkyl halides is 3. The van der Waals surface area contributed by atoms with Crippen molar-refractivity contribution in [2.24, 2.45) is 23.7 Å². The molecule has 0 bridgehead atoms. The Morgan fingerprint density at radius 1 is 0.868 bits per heavy atom. The molecule has 2 aliphatic heterocycles. The highest BCUT2D eigenvalue weighted by Crippen LogP contribution is 2.64. The SMILES string of the molecule is CN(c1nc(C(F)(F)F)ccc1Cl)N1C(=O)[C@H]2[C@H](CC=C3[C@H]2C[C@H]2C(=O)N(c4cccc(Cl)c4)C(=O)[C@@]2(c2ccccc2)[C@H]3c2ccc(O)cc2)C1=O. The van der Waals surface area contributed by atoms with Crippen molar-refractivity contribution in [3.8, 4) is 5.75 Å². The van der Waals surface area contributed by atoms with Crippen LogP contribution in [0.25, 0.3) is 0 Å². The Morgan fingerprint density at radius 3 is 2.26 bits per heavy atom. The van der Waals surface area contributed by atoms with E-state index in [0.29, 0.717) is 27.8 Å². The highest BCUT2D eigenvalue weighted by molar-refractivity contribution is 6.33. The molecule has 4 aliphatic rings. The average Bonchev–Trinajstić information content (AvgIpc) is 3.52. The first-order valence-corrected chi connectivity index (χ1v) is 17.5. The van der Waals surface area contributed by atoms with Crippen molar-refractivity contribution in [3.63, 3.8) is 0 Å². The van der Waals surface area contributed by atoms with E-state index in [1.54, 1.807) is 60.7 Å².